The minimum Gasteiger partial charge on any atom is -0.282 e. The van der Waals surface area contributed by atoms with Gasteiger partial charge in [-0.15, -0.1) is 0 Å². The summed E-state index contributed by atoms with van der Waals surface area (Å²) in [5.41, 5.74) is 1.80. The van der Waals surface area contributed by atoms with Gasteiger partial charge in [0.15, 0.2) is 0 Å². The maximum absolute atomic E-state index is 11.2. The molecule has 0 aliphatic carbocycles. The van der Waals surface area contributed by atoms with Gasteiger partial charge >= 0.3 is 0 Å². The molecule has 0 saturated carbocycles. The van der Waals surface area contributed by atoms with Crippen LogP contribution in [0.4, 0.5) is 0 Å². The van der Waals surface area contributed by atoms with Crippen molar-refractivity contribution in [3.05, 3.63) is 29.3 Å². The van der Waals surface area contributed by atoms with E-state index in [9.17, 15) is 8.42 Å². The van der Waals surface area contributed by atoms with E-state index in [1.807, 2.05) is 20.8 Å². The first-order chi connectivity index (χ1) is 7.83. The van der Waals surface area contributed by atoms with Crippen LogP contribution >= 0.6 is 0 Å². The zero-order valence-electron chi connectivity index (χ0n) is 11.9. The highest BCUT2D eigenvalue weighted by Crippen LogP contribution is 2.35. The van der Waals surface area contributed by atoms with Crippen molar-refractivity contribution >= 4 is 10.1 Å². The molecule has 1 aromatic rings. The Morgan fingerprint density at radius 2 is 1.33 bits per heavy atom. The van der Waals surface area contributed by atoms with Gasteiger partial charge in [-0.05, 0) is 34.1 Å². The Balaban J connectivity index is 3.60. The second-order valence-electron chi connectivity index (χ2n) is 6.68. The van der Waals surface area contributed by atoms with Crippen LogP contribution in [0.3, 0.4) is 0 Å². The Morgan fingerprint density at radius 3 is 1.67 bits per heavy atom. The maximum Gasteiger partial charge on any atom is 0.294 e. The second-order valence-corrected chi connectivity index (χ2v) is 8.10. The zero-order valence-corrected chi connectivity index (χ0v) is 12.7. The van der Waals surface area contributed by atoms with Gasteiger partial charge in [0.25, 0.3) is 10.1 Å². The molecule has 1 aromatic carbocycles. The van der Waals surface area contributed by atoms with Crippen molar-refractivity contribution in [2.24, 2.45) is 0 Å². The first kappa shape index (κ1) is 15.2. The Morgan fingerprint density at radius 1 is 0.889 bits per heavy atom. The average Bonchev–Trinajstić information content (AvgIpc) is 2.12. The van der Waals surface area contributed by atoms with E-state index < -0.39 is 10.1 Å². The molecular weight excluding hydrogens is 248 g/mol. The molecule has 0 fully saturated rings. The lowest BCUT2D eigenvalue weighted by molar-refractivity contribution is 0.481. The Labute approximate surface area is 110 Å². The van der Waals surface area contributed by atoms with E-state index in [1.165, 1.54) is 6.07 Å². The Bertz CT molecular complexity index is 543. The molecule has 0 saturated heterocycles. The van der Waals surface area contributed by atoms with Crippen molar-refractivity contribution in [1.29, 1.82) is 0 Å². The molecule has 0 aromatic heterocycles. The van der Waals surface area contributed by atoms with Crippen molar-refractivity contribution in [2.75, 3.05) is 0 Å². The number of hydrogen-bond donors (Lipinski definition) is 1. The van der Waals surface area contributed by atoms with Gasteiger partial charge in [0.05, 0.1) is 4.90 Å². The number of hydrogen-bond acceptors (Lipinski definition) is 2. The monoisotopic (exact) mass is 270 g/mol. The lowest BCUT2D eigenvalue weighted by Crippen LogP contribution is -2.22. The fraction of sp³-hybridized carbons (Fsp3) is 0.571. The van der Waals surface area contributed by atoms with Crippen molar-refractivity contribution in [3.63, 3.8) is 0 Å². The molecule has 0 radical (unpaired) electrons. The lowest BCUT2D eigenvalue weighted by Gasteiger charge is -2.30. The van der Waals surface area contributed by atoms with Crippen LogP contribution in [0.2, 0.25) is 0 Å². The summed E-state index contributed by atoms with van der Waals surface area (Å²) in [4.78, 5) is -0.0413. The minimum atomic E-state index is -4.15. The molecule has 3 nitrogen and oxygen atoms in total. The molecule has 0 bridgehead atoms. The SMILES string of the molecule is CC(C)(C)c1ccc(S(=O)(=O)O)cc1C(C)(C)C. The van der Waals surface area contributed by atoms with Crippen LogP contribution in [0.15, 0.2) is 23.1 Å². The van der Waals surface area contributed by atoms with Crippen LogP contribution < -0.4 is 0 Å². The van der Waals surface area contributed by atoms with Crippen LogP contribution in [0, 0.1) is 0 Å². The summed E-state index contributed by atoms with van der Waals surface area (Å²) in [6, 6.07) is 4.84. The highest BCUT2D eigenvalue weighted by molar-refractivity contribution is 7.85. The van der Waals surface area contributed by atoms with E-state index in [-0.39, 0.29) is 15.7 Å². The summed E-state index contributed by atoms with van der Waals surface area (Å²) in [5, 5.41) is 0. The van der Waals surface area contributed by atoms with Gasteiger partial charge in [-0.3, -0.25) is 4.55 Å². The standard InChI is InChI=1S/C14H22O3S/c1-13(2,3)11-8-7-10(18(15,16)17)9-12(11)14(4,5)6/h7-9H,1-6H3,(H,15,16,17). The normalized spacial score (nSPS) is 13.7. The molecule has 0 aliphatic rings. The topological polar surface area (TPSA) is 54.4 Å². The molecule has 1 rings (SSSR count). The smallest absolute Gasteiger partial charge is 0.282 e. The summed E-state index contributed by atoms with van der Waals surface area (Å²) >= 11 is 0. The molecule has 102 valence electrons. The van der Waals surface area contributed by atoms with Gasteiger partial charge in [-0.1, -0.05) is 47.6 Å². The third-order valence-corrected chi connectivity index (χ3v) is 3.75. The van der Waals surface area contributed by atoms with Crippen molar-refractivity contribution in [1.82, 2.24) is 0 Å². The quantitative estimate of drug-likeness (QED) is 0.794. The van der Waals surface area contributed by atoms with E-state index in [1.54, 1.807) is 12.1 Å². The largest absolute Gasteiger partial charge is 0.294 e. The van der Waals surface area contributed by atoms with Gasteiger partial charge in [-0.25, -0.2) is 0 Å². The fourth-order valence-electron chi connectivity index (χ4n) is 1.96. The Kier molecular flexibility index (Phi) is 3.67. The molecular formula is C14H22O3S. The van der Waals surface area contributed by atoms with E-state index in [4.69, 9.17) is 4.55 Å². The summed E-state index contributed by atoms with van der Waals surface area (Å²) in [7, 11) is -4.15. The molecule has 0 amide bonds. The average molecular weight is 270 g/mol. The minimum absolute atomic E-state index is 0.0413. The molecule has 0 heterocycles. The van der Waals surface area contributed by atoms with Gasteiger partial charge in [0.2, 0.25) is 0 Å². The van der Waals surface area contributed by atoms with E-state index in [0.29, 0.717) is 0 Å². The number of benzene rings is 1. The highest BCUT2D eigenvalue weighted by atomic mass is 32.2. The summed E-state index contributed by atoms with van der Waals surface area (Å²) in [5.74, 6) is 0. The molecule has 0 unspecified atom stereocenters. The first-order valence-corrected chi connectivity index (χ1v) is 7.40. The third-order valence-electron chi connectivity index (χ3n) is 2.90. The van der Waals surface area contributed by atoms with E-state index >= 15 is 0 Å². The zero-order chi connectivity index (χ0) is 14.4. The van der Waals surface area contributed by atoms with Crippen molar-refractivity contribution in [2.45, 2.75) is 57.3 Å². The van der Waals surface area contributed by atoms with Crippen LogP contribution in [0.1, 0.15) is 52.7 Å². The van der Waals surface area contributed by atoms with Gasteiger partial charge < -0.3 is 0 Å². The van der Waals surface area contributed by atoms with Crippen LogP contribution in [0.25, 0.3) is 0 Å². The van der Waals surface area contributed by atoms with Crippen molar-refractivity contribution < 1.29 is 13.0 Å². The molecule has 0 aliphatic heterocycles. The van der Waals surface area contributed by atoms with Crippen LogP contribution in [-0.4, -0.2) is 13.0 Å². The molecule has 4 heteroatoms. The maximum atomic E-state index is 11.2. The van der Waals surface area contributed by atoms with Crippen LogP contribution in [-0.2, 0) is 20.9 Å². The lowest BCUT2D eigenvalue weighted by atomic mass is 9.75. The first-order valence-electron chi connectivity index (χ1n) is 5.96. The summed E-state index contributed by atoms with van der Waals surface area (Å²) in [6.07, 6.45) is 0. The summed E-state index contributed by atoms with van der Waals surface area (Å²) in [6.45, 7) is 12.4. The van der Waals surface area contributed by atoms with E-state index in [2.05, 4.69) is 20.8 Å². The molecule has 0 spiro atoms. The van der Waals surface area contributed by atoms with E-state index in [0.717, 1.165) is 11.1 Å². The molecule has 1 N–H and O–H groups in total. The predicted octanol–water partition coefficient (Wildman–Crippen LogP) is 3.53. The number of rotatable bonds is 1. The predicted molar refractivity (Wildman–Crippen MR) is 73.7 cm³/mol. The fourth-order valence-corrected chi connectivity index (χ4v) is 2.47. The second kappa shape index (κ2) is 4.35. The van der Waals surface area contributed by atoms with Gasteiger partial charge in [-0.2, -0.15) is 8.42 Å². The highest BCUT2D eigenvalue weighted by Gasteiger charge is 2.26. The van der Waals surface area contributed by atoms with Gasteiger partial charge in [0.1, 0.15) is 0 Å². The Hall–Kier alpha value is -0.870. The van der Waals surface area contributed by atoms with Gasteiger partial charge in [0, 0.05) is 0 Å². The van der Waals surface area contributed by atoms with Crippen LogP contribution in [0.5, 0.6) is 0 Å². The molecule has 0 atom stereocenters. The third kappa shape index (κ3) is 3.33. The summed E-state index contributed by atoms with van der Waals surface area (Å²) < 4.78 is 31.6. The van der Waals surface area contributed by atoms with Crippen molar-refractivity contribution in [3.8, 4) is 0 Å². The molecule has 18 heavy (non-hydrogen) atoms.